The van der Waals surface area contributed by atoms with Crippen LogP contribution in [0.4, 0.5) is 0 Å². The molecule has 3 unspecified atom stereocenters. The molecule has 4 aliphatic rings. The van der Waals surface area contributed by atoms with Gasteiger partial charge in [-0.25, -0.2) is 0 Å². The molecule has 2 bridgehead atoms. The molecule has 1 amide bonds. The Balaban J connectivity index is 1.43. The van der Waals surface area contributed by atoms with Crippen molar-refractivity contribution in [1.82, 2.24) is 10.2 Å². The summed E-state index contributed by atoms with van der Waals surface area (Å²) in [5, 5.41) is 3.49. The number of amides is 1. The molecule has 1 N–H and O–H groups in total. The number of carbonyl (C=O) groups is 1. The first-order valence-corrected chi connectivity index (χ1v) is 7.26. The summed E-state index contributed by atoms with van der Waals surface area (Å²) in [4.78, 5) is 14.7. The quantitative estimate of drug-likeness (QED) is 0.740. The van der Waals surface area contributed by atoms with Crippen molar-refractivity contribution >= 4 is 5.91 Å². The Kier molecular flexibility index (Phi) is 2.11. The number of hydrogen-bond donors (Lipinski definition) is 1. The molecule has 0 radical (unpaired) electrons. The zero-order valence-corrected chi connectivity index (χ0v) is 10.5. The lowest BCUT2D eigenvalue weighted by Gasteiger charge is -2.42. The maximum Gasteiger partial charge on any atom is 0.226 e. The number of carbonyl (C=O) groups excluding carboxylic acids is 1. The highest BCUT2D eigenvalue weighted by molar-refractivity contribution is 5.83. The van der Waals surface area contributed by atoms with Gasteiger partial charge in [-0.3, -0.25) is 4.79 Å². The van der Waals surface area contributed by atoms with E-state index in [0.717, 1.165) is 38.0 Å². The predicted octanol–water partition coefficient (Wildman–Crippen LogP) is 1.24. The summed E-state index contributed by atoms with van der Waals surface area (Å²) in [6.45, 7) is 4.29. The molecule has 1 spiro atoms. The van der Waals surface area contributed by atoms with Gasteiger partial charge in [-0.2, -0.15) is 0 Å². The van der Waals surface area contributed by atoms with E-state index in [2.05, 4.69) is 10.2 Å². The molecule has 4 rings (SSSR count). The molecule has 2 heterocycles. The van der Waals surface area contributed by atoms with E-state index in [9.17, 15) is 4.79 Å². The average Bonchev–Trinajstić information content (AvgIpc) is 3.02. The van der Waals surface area contributed by atoms with Crippen LogP contribution in [0.1, 0.15) is 32.1 Å². The molecular formula is C14H22N2O. The van der Waals surface area contributed by atoms with E-state index >= 15 is 0 Å². The first-order chi connectivity index (χ1) is 8.27. The van der Waals surface area contributed by atoms with Crippen LogP contribution < -0.4 is 5.32 Å². The number of likely N-dealkylation sites (tertiary alicyclic amines) is 1. The molecule has 3 nitrogen and oxygen atoms in total. The van der Waals surface area contributed by atoms with E-state index in [-0.39, 0.29) is 0 Å². The number of hydrogen-bond acceptors (Lipinski definition) is 2. The van der Waals surface area contributed by atoms with Crippen LogP contribution in [0.3, 0.4) is 0 Å². The monoisotopic (exact) mass is 234 g/mol. The summed E-state index contributed by atoms with van der Waals surface area (Å²) >= 11 is 0. The van der Waals surface area contributed by atoms with E-state index in [1.54, 1.807) is 0 Å². The molecule has 0 aromatic carbocycles. The van der Waals surface area contributed by atoms with Gasteiger partial charge in [-0.15, -0.1) is 0 Å². The van der Waals surface area contributed by atoms with Crippen molar-refractivity contribution in [1.29, 1.82) is 0 Å². The maximum atomic E-state index is 12.5. The van der Waals surface area contributed by atoms with Gasteiger partial charge in [-0.1, -0.05) is 6.42 Å². The second-order valence-corrected chi connectivity index (χ2v) is 6.84. The fraction of sp³-hybridized carbons (Fsp3) is 0.929. The third kappa shape index (κ3) is 1.55. The van der Waals surface area contributed by atoms with Gasteiger partial charge in [0.15, 0.2) is 0 Å². The second kappa shape index (κ2) is 3.47. The molecule has 2 saturated carbocycles. The summed E-state index contributed by atoms with van der Waals surface area (Å²) < 4.78 is 0. The molecule has 0 aromatic heterocycles. The third-order valence-corrected chi connectivity index (χ3v) is 5.64. The molecule has 2 saturated heterocycles. The van der Waals surface area contributed by atoms with E-state index in [1.807, 2.05) is 0 Å². The predicted molar refractivity (Wildman–Crippen MR) is 65.4 cm³/mol. The van der Waals surface area contributed by atoms with E-state index in [4.69, 9.17) is 0 Å². The summed E-state index contributed by atoms with van der Waals surface area (Å²) in [6.07, 6.45) is 6.55. The second-order valence-electron chi connectivity index (χ2n) is 6.84. The minimum atomic E-state index is 0.419. The maximum absolute atomic E-state index is 12.5. The van der Waals surface area contributed by atoms with Crippen LogP contribution in [-0.4, -0.2) is 37.0 Å². The first-order valence-electron chi connectivity index (χ1n) is 7.26. The smallest absolute Gasteiger partial charge is 0.226 e. The van der Waals surface area contributed by atoms with Crippen LogP contribution in [0.25, 0.3) is 0 Å². The van der Waals surface area contributed by atoms with Gasteiger partial charge in [-0.05, 0) is 56.0 Å². The lowest BCUT2D eigenvalue weighted by molar-refractivity contribution is -0.137. The molecule has 0 aromatic rings. The molecule has 4 fully saturated rings. The normalized spacial score (nSPS) is 42.1. The zero-order valence-electron chi connectivity index (χ0n) is 10.5. The molecule has 3 atom stereocenters. The van der Waals surface area contributed by atoms with Crippen LogP contribution in [0.2, 0.25) is 0 Å². The Morgan fingerprint density at radius 3 is 2.41 bits per heavy atom. The SMILES string of the molecule is O=C(C1CC12CCC2)N1CC2CNCC(C2)C1. The summed E-state index contributed by atoms with van der Waals surface area (Å²) in [7, 11) is 0. The Morgan fingerprint density at radius 2 is 1.88 bits per heavy atom. The van der Waals surface area contributed by atoms with Crippen molar-refractivity contribution in [2.24, 2.45) is 23.2 Å². The molecule has 94 valence electrons. The van der Waals surface area contributed by atoms with Crippen molar-refractivity contribution in [2.75, 3.05) is 26.2 Å². The van der Waals surface area contributed by atoms with Gasteiger partial charge in [0.25, 0.3) is 0 Å². The standard InChI is InChI=1S/C14H22N2O/c17-13(12-5-14(12)2-1-3-14)16-8-10-4-11(9-16)7-15-6-10/h10-12,15H,1-9H2. The van der Waals surface area contributed by atoms with E-state index in [0.29, 0.717) is 17.2 Å². The summed E-state index contributed by atoms with van der Waals surface area (Å²) in [5.41, 5.74) is 0.502. The van der Waals surface area contributed by atoms with Gasteiger partial charge >= 0.3 is 0 Å². The zero-order chi connectivity index (χ0) is 11.5. The number of fused-ring (bicyclic) bond motifs is 2. The summed E-state index contributed by atoms with van der Waals surface area (Å²) in [6, 6.07) is 0. The van der Waals surface area contributed by atoms with Gasteiger partial charge in [0, 0.05) is 19.0 Å². The Bertz CT molecular complexity index is 338. The van der Waals surface area contributed by atoms with Crippen LogP contribution in [0, 0.1) is 23.2 Å². The molecular weight excluding hydrogens is 212 g/mol. The highest BCUT2D eigenvalue weighted by Crippen LogP contribution is 2.66. The average molecular weight is 234 g/mol. The number of nitrogens with zero attached hydrogens (tertiary/aromatic N) is 1. The topological polar surface area (TPSA) is 32.3 Å². The van der Waals surface area contributed by atoms with E-state index < -0.39 is 0 Å². The first kappa shape index (κ1) is 10.4. The Morgan fingerprint density at radius 1 is 1.18 bits per heavy atom. The van der Waals surface area contributed by atoms with Crippen molar-refractivity contribution < 1.29 is 4.79 Å². The fourth-order valence-corrected chi connectivity index (χ4v) is 4.39. The number of piperidine rings is 2. The highest BCUT2D eigenvalue weighted by atomic mass is 16.2. The number of nitrogens with one attached hydrogen (secondary N) is 1. The Labute approximate surface area is 103 Å². The number of rotatable bonds is 1. The molecule has 2 aliphatic carbocycles. The Hall–Kier alpha value is -0.570. The van der Waals surface area contributed by atoms with E-state index in [1.165, 1.54) is 32.1 Å². The van der Waals surface area contributed by atoms with Crippen LogP contribution in [0.15, 0.2) is 0 Å². The third-order valence-electron chi connectivity index (χ3n) is 5.64. The van der Waals surface area contributed by atoms with Crippen LogP contribution >= 0.6 is 0 Å². The molecule has 3 heteroatoms. The minimum absolute atomic E-state index is 0.419. The van der Waals surface area contributed by atoms with Gasteiger partial charge in [0.1, 0.15) is 0 Å². The van der Waals surface area contributed by atoms with Crippen molar-refractivity contribution in [3.63, 3.8) is 0 Å². The summed E-state index contributed by atoms with van der Waals surface area (Å²) in [5.74, 6) is 2.37. The highest BCUT2D eigenvalue weighted by Gasteiger charge is 2.61. The fourth-order valence-electron chi connectivity index (χ4n) is 4.39. The van der Waals surface area contributed by atoms with Crippen LogP contribution in [-0.2, 0) is 4.79 Å². The van der Waals surface area contributed by atoms with Crippen LogP contribution in [0.5, 0.6) is 0 Å². The lowest BCUT2D eigenvalue weighted by Crippen LogP contribution is -2.53. The minimum Gasteiger partial charge on any atom is -0.342 e. The van der Waals surface area contributed by atoms with Gasteiger partial charge in [0.05, 0.1) is 0 Å². The van der Waals surface area contributed by atoms with Crippen molar-refractivity contribution in [3.05, 3.63) is 0 Å². The largest absolute Gasteiger partial charge is 0.342 e. The lowest BCUT2D eigenvalue weighted by atomic mass is 9.79. The van der Waals surface area contributed by atoms with Crippen molar-refractivity contribution in [3.8, 4) is 0 Å². The van der Waals surface area contributed by atoms with Gasteiger partial charge in [0.2, 0.25) is 5.91 Å². The molecule has 17 heavy (non-hydrogen) atoms. The van der Waals surface area contributed by atoms with Crippen molar-refractivity contribution in [2.45, 2.75) is 32.1 Å². The van der Waals surface area contributed by atoms with Gasteiger partial charge < -0.3 is 10.2 Å². The molecule has 2 aliphatic heterocycles.